The highest BCUT2D eigenvalue weighted by Crippen LogP contribution is 2.30. The van der Waals surface area contributed by atoms with Crippen molar-refractivity contribution in [1.29, 1.82) is 0 Å². The Kier molecular flexibility index (Phi) is 2.98. The minimum atomic E-state index is -3.85. The SMILES string of the molecule is O=C(O)C1=C(S(=O)(=O)Cl)CCCC1. The number of carboxylic acids is 1. The Morgan fingerprint density at radius 2 is 1.85 bits per heavy atom. The summed E-state index contributed by atoms with van der Waals surface area (Å²) in [5.41, 5.74) is -0.0544. The number of aliphatic carboxylic acids is 1. The summed E-state index contributed by atoms with van der Waals surface area (Å²) >= 11 is 0. The minimum Gasteiger partial charge on any atom is -0.478 e. The summed E-state index contributed by atoms with van der Waals surface area (Å²) in [7, 11) is 1.25. The number of halogens is 1. The molecule has 0 heterocycles. The van der Waals surface area contributed by atoms with Gasteiger partial charge in [-0.25, -0.2) is 13.2 Å². The number of carbonyl (C=O) groups is 1. The first-order valence-corrected chi connectivity index (χ1v) is 6.14. The van der Waals surface area contributed by atoms with Crippen molar-refractivity contribution in [3.63, 3.8) is 0 Å². The Labute approximate surface area is 80.6 Å². The molecule has 0 aliphatic heterocycles. The molecule has 0 aromatic rings. The standard InChI is InChI=1S/C7H9ClO4S/c8-13(11,12)6-4-2-1-3-5(6)7(9)10/h1-4H2,(H,9,10). The van der Waals surface area contributed by atoms with Crippen molar-refractivity contribution in [2.45, 2.75) is 25.7 Å². The Morgan fingerprint density at radius 1 is 1.31 bits per heavy atom. The Morgan fingerprint density at radius 3 is 2.23 bits per heavy atom. The van der Waals surface area contributed by atoms with Gasteiger partial charge >= 0.3 is 5.97 Å². The maximum Gasteiger partial charge on any atom is 0.332 e. The second-order valence-electron chi connectivity index (χ2n) is 2.85. The summed E-state index contributed by atoms with van der Waals surface area (Å²) in [5, 5.41) is 8.69. The molecule has 0 amide bonds. The first-order chi connectivity index (χ1) is 5.93. The third kappa shape index (κ3) is 2.45. The van der Waals surface area contributed by atoms with E-state index >= 15 is 0 Å². The summed E-state index contributed by atoms with van der Waals surface area (Å²) in [4.78, 5) is 10.5. The summed E-state index contributed by atoms with van der Waals surface area (Å²) < 4.78 is 21.9. The van der Waals surface area contributed by atoms with Crippen molar-refractivity contribution in [3.8, 4) is 0 Å². The predicted octanol–water partition coefficient (Wildman–Crippen LogP) is 1.47. The van der Waals surface area contributed by atoms with E-state index in [4.69, 9.17) is 15.8 Å². The fourth-order valence-corrected chi connectivity index (χ4v) is 2.76. The van der Waals surface area contributed by atoms with Gasteiger partial charge in [0.15, 0.2) is 0 Å². The molecule has 74 valence electrons. The van der Waals surface area contributed by atoms with E-state index in [-0.39, 0.29) is 23.3 Å². The lowest BCUT2D eigenvalue weighted by atomic mass is 10.00. The number of hydrogen-bond acceptors (Lipinski definition) is 3. The van der Waals surface area contributed by atoms with Gasteiger partial charge in [0, 0.05) is 10.7 Å². The van der Waals surface area contributed by atoms with E-state index in [2.05, 4.69) is 0 Å². The lowest BCUT2D eigenvalue weighted by molar-refractivity contribution is -0.132. The molecule has 1 aliphatic carbocycles. The highest BCUT2D eigenvalue weighted by atomic mass is 35.7. The zero-order valence-corrected chi connectivity index (χ0v) is 8.36. The van der Waals surface area contributed by atoms with Crippen molar-refractivity contribution in [3.05, 3.63) is 10.5 Å². The van der Waals surface area contributed by atoms with Crippen molar-refractivity contribution in [1.82, 2.24) is 0 Å². The summed E-state index contributed by atoms with van der Waals surface area (Å²) in [6, 6.07) is 0. The smallest absolute Gasteiger partial charge is 0.332 e. The third-order valence-corrected chi connectivity index (χ3v) is 3.57. The van der Waals surface area contributed by atoms with Crippen LogP contribution in [0.3, 0.4) is 0 Å². The van der Waals surface area contributed by atoms with Gasteiger partial charge < -0.3 is 5.11 Å². The largest absolute Gasteiger partial charge is 0.478 e. The summed E-state index contributed by atoms with van der Waals surface area (Å²) in [6.45, 7) is 0. The van der Waals surface area contributed by atoms with Crippen LogP contribution >= 0.6 is 10.7 Å². The van der Waals surface area contributed by atoms with Gasteiger partial charge in [-0.3, -0.25) is 0 Å². The van der Waals surface area contributed by atoms with Crippen molar-refractivity contribution in [2.24, 2.45) is 0 Å². The maximum atomic E-state index is 10.9. The van der Waals surface area contributed by atoms with Gasteiger partial charge in [0.05, 0.1) is 10.5 Å². The van der Waals surface area contributed by atoms with E-state index in [0.29, 0.717) is 12.8 Å². The van der Waals surface area contributed by atoms with Gasteiger partial charge in [-0.15, -0.1) is 0 Å². The molecule has 0 bridgehead atoms. The van der Waals surface area contributed by atoms with E-state index in [9.17, 15) is 13.2 Å². The normalized spacial score (nSPS) is 18.8. The molecule has 0 fully saturated rings. The third-order valence-electron chi connectivity index (χ3n) is 1.97. The minimum absolute atomic E-state index is 0.0544. The molecule has 6 heteroatoms. The highest BCUT2D eigenvalue weighted by Gasteiger charge is 2.26. The molecule has 0 aromatic heterocycles. The van der Waals surface area contributed by atoms with Gasteiger partial charge in [-0.2, -0.15) is 0 Å². The van der Waals surface area contributed by atoms with Gasteiger partial charge in [0.25, 0.3) is 9.05 Å². The highest BCUT2D eigenvalue weighted by molar-refractivity contribution is 8.16. The van der Waals surface area contributed by atoms with E-state index in [0.717, 1.165) is 0 Å². The van der Waals surface area contributed by atoms with Crippen LogP contribution in [0.5, 0.6) is 0 Å². The van der Waals surface area contributed by atoms with Crippen molar-refractivity contribution >= 4 is 25.7 Å². The Balaban J connectivity index is 3.20. The fraction of sp³-hybridized carbons (Fsp3) is 0.571. The zero-order chi connectivity index (χ0) is 10.1. The lowest BCUT2D eigenvalue weighted by Gasteiger charge is -2.14. The van der Waals surface area contributed by atoms with Crippen LogP contribution in [0.4, 0.5) is 0 Å². The van der Waals surface area contributed by atoms with Crippen LogP contribution < -0.4 is 0 Å². The van der Waals surface area contributed by atoms with E-state index in [1.54, 1.807) is 0 Å². The monoisotopic (exact) mass is 224 g/mol. The van der Waals surface area contributed by atoms with Crippen LogP contribution in [0.1, 0.15) is 25.7 Å². The quantitative estimate of drug-likeness (QED) is 0.721. The van der Waals surface area contributed by atoms with Gasteiger partial charge in [0.1, 0.15) is 0 Å². The van der Waals surface area contributed by atoms with E-state index in [1.165, 1.54) is 0 Å². The molecule has 0 atom stereocenters. The molecule has 1 aliphatic rings. The molecule has 4 nitrogen and oxygen atoms in total. The molecule has 13 heavy (non-hydrogen) atoms. The maximum absolute atomic E-state index is 10.9. The molecule has 0 aromatic carbocycles. The van der Waals surface area contributed by atoms with Crippen LogP contribution in [0.25, 0.3) is 0 Å². The molecule has 0 spiro atoms. The topological polar surface area (TPSA) is 71.4 Å². The van der Waals surface area contributed by atoms with Crippen LogP contribution in [0, 0.1) is 0 Å². The molecular formula is C7H9ClO4S. The first kappa shape index (κ1) is 10.5. The van der Waals surface area contributed by atoms with Crippen molar-refractivity contribution in [2.75, 3.05) is 0 Å². The first-order valence-electron chi connectivity index (χ1n) is 3.83. The molecule has 0 radical (unpaired) electrons. The van der Waals surface area contributed by atoms with Gasteiger partial charge in [-0.1, -0.05) is 0 Å². The average molecular weight is 225 g/mol. The van der Waals surface area contributed by atoms with Crippen LogP contribution in [0.15, 0.2) is 10.5 Å². The number of rotatable bonds is 2. The van der Waals surface area contributed by atoms with E-state index in [1.807, 2.05) is 0 Å². The van der Waals surface area contributed by atoms with Crippen LogP contribution in [-0.2, 0) is 13.8 Å². The molecule has 1 rings (SSSR count). The second-order valence-corrected chi connectivity index (χ2v) is 5.44. The second kappa shape index (κ2) is 3.67. The van der Waals surface area contributed by atoms with Gasteiger partial charge in [-0.05, 0) is 25.7 Å². The molecule has 0 saturated carbocycles. The number of hydrogen-bond donors (Lipinski definition) is 1. The van der Waals surface area contributed by atoms with Gasteiger partial charge in [0.2, 0.25) is 0 Å². The summed E-state index contributed by atoms with van der Waals surface area (Å²) in [5.74, 6) is -1.18. The Hall–Kier alpha value is -0.550. The van der Waals surface area contributed by atoms with Crippen LogP contribution in [0.2, 0.25) is 0 Å². The predicted molar refractivity (Wildman–Crippen MR) is 47.9 cm³/mol. The molecule has 0 unspecified atom stereocenters. The van der Waals surface area contributed by atoms with Crippen LogP contribution in [-0.4, -0.2) is 19.5 Å². The average Bonchev–Trinajstić information content (AvgIpc) is 2.03. The molecule has 0 saturated heterocycles. The van der Waals surface area contributed by atoms with Crippen molar-refractivity contribution < 1.29 is 18.3 Å². The Bertz CT molecular complexity index is 355. The zero-order valence-electron chi connectivity index (χ0n) is 6.79. The number of allylic oxidation sites excluding steroid dienone is 1. The fourth-order valence-electron chi connectivity index (χ4n) is 1.37. The molecular weight excluding hydrogens is 216 g/mol. The van der Waals surface area contributed by atoms with E-state index < -0.39 is 15.0 Å². The number of carboxylic acid groups (broad SMARTS) is 1. The lowest BCUT2D eigenvalue weighted by Crippen LogP contribution is -2.12. The summed E-state index contributed by atoms with van der Waals surface area (Å²) in [6.07, 6.45) is 1.92. The molecule has 1 N–H and O–H groups in total.